The first-order chi connectivity index (χ1) is 15.7. The van der Waals surface area contributed by atoms with Crippen LogP contribution in [0.4, 0.5) is 10.5 Å². The van der Waals surface area contributed by atoms with E-state index in [2.05, 4.69) is 17.1 Å². The number of hydrogen-bond acceptors (Lipinski definition) is 5. The van der Waals surface area contributed by atoms with Crippen LogP contribution in [-0.2, 0) is 4.79 Å². The molecule has 33 heavy (non-hydrogen) atoms. The number of carbonyl (C=O) groups is 2. The maximum absolute atomic E-state index is 12.9. The number of nitrogens with zero attached hydrogens (tertiary/aromatic N) is 2. The number of halogens is 2. The molecule has 0 aliphatic carbocycles. The van der Waals surface area contributed by atoms with Gasteiger partial charge in [0, 0.05) is 43.8 Å². The van der Waals surface area contributed by atoms with Crippen molar-refractivity contribution >= 4 is 40.8 Å². The van der Waals surface area contributed by atoms with Gasteiger partial charge in [0.2, 0.25) is 5.91 Å². The maximum atomic E-state index is 12.9. The molecule has 1 saturated heterocycles. The molecule has 1 fully saturated rings. The van der Waals surface area contributed by atoms with Crippen molar-refractivity contribution in [1.82, 2.24) is 9.80 Å². The van der Waals surface area contributed by atoms with Crippen LogP contribution in [0.25, 0.3) is 0 Å². The van der Waals surface area contributed by atoms with Crippen molar-refractivity contribution in [3.05, 3.63) is 52.0 Å². The van der Waals surface area contributed by atoms with Crippen LogP contribution in [-0.4, -0.2) is 61.6 Å². The predicted octanol–water partition coefficient (Wildman–Crippen LogP) is 4.17. The highest BCUT2D eigenvalue weighted by atomic mass is 35.5. The van der Waals surface area contributed by atoms with Gasteiger partial charge in [-0.15, -0.1) is 0 Å². The number of nitrogens with two attached hydrogens (primary N) is 1. The number of benzene rings is 2. The Morgan fingerprint density at radius 2 is 1.82 bits per heavy atom. The lowest BCUT2D eigenvalue weighted by molar-refractivity contribution is -0.120. The molecule has 178 valence electrons. The maximum Gasteiger partial charge on any atom is 0.321 e. The molecule has 0 radical (unpaired) electrons. The summed E-state index contributed by atoms with van der Waals surface area (Å²) in [6, 6.07) is 10.1. The summed E-state index contributed by atoms with van der Waals surface area (Å²) in [6.45, 7) is 3.47. The van der Waals surface area contributed by atoms with Crippen LogP contribution in [0.15, 0.2) is 36.4 Å². The number of piperazine rings is 1. The molecule has 2 aromatic carbocycles. The fraction of sp³-hybridized carbons (Fsp3) is 0.391. The van der Waals surface area contributed by atoms with E-state index in [1.165, 1.54) is 0 Å². The van der Waals surface area contributed by atoms with Gasteiger partial charge in [-0.1, -0.05) is 29.3 Å². The molecule has 2 unspecified atom stereocenters. The Kier molecular flexibility index (Phi) is 8.29. The van der Waals surface area contributed by atoms with Crippen molar-refractivity contribution in [2.24, 2.45) is 5.73 Å². The Morgan fingerprint density at radius 1 is 1.09 bits per heavy atom. The number of ether oxygens (including phenoxy) is 2. The molecule has 3 N–H and O–H groups in total. The zero-order valence-electron chi connectivity index (χ0n) is 18.8. The fourth-order valence-electron chi connectivity index (χ4n) is 4.06. The zero-order chi connectivity index (χ0) is 24.1. The van der Waals surface area contributed by atoms with Crippen molar-refractivity contribution in [3.8, 4) is 11.5 Å². The van der Waals surface area contributed by atoms with Crippen LogP contribution in [0.2, 0.25) is 10.0 Å². The van der Waals surface area contributed by atoms with Crippen molar-refractivity contribution in [2.45, 2.75) is 25.4 Å². The van der Waals surface area contributed by atoms with Crippen molar-refractivity contribution in [3.63, 3.8) is 0 Å². The number of hydrogen-bond donors (Lipinski definition) is 2. The molecule has 1 heterocycles. The molecule has 2 aromatic rings. The fourth-order valence-corrected chi connectivity index (χ4v) is 4.36. The molecule has 0 spiro atoms. The van der Waals surface area contributed by atoms with Gasteiger partial charge in [0.05, 0.1) is 24.3 Å². The third kappa shape index (κ3) is 6.01. The second kappa shape index (κ2) is 11.0. The van der Waals surface area contributed by atoms with Crippen LogP contribution in [0, 0.1) is 0 Å². The summed E-state index contributed by atoms with van der Waals surface area (Å²) in [5.41, 5.74) is 7.09. The first-order valence-corrected chi connectivity index (χ1v) is 11.3. The number of nitrogens with one attached hydrogen (secondary N) is 1. The molecule has 0 bridgehead atoms. The Morgan fingerprint density at radius 3 is 2.45 bits per heavy atom. The first-order valence-electron chi connectivity index (χ1n) is 10.5. The lowest BCUT2D eigenvalue weighted by Crippen LogP contribution is -2.57. The molecule has 3 rings (SSSR count). The SMILES string of the molecule is COc1ccc(C(C)N2CCN(C(=O)Nc3ccc(Cl)c(Cl)c3)CC2CC(N)=O)cc1OC. The van der Waals surface area contributed by atoms with E-state index in [1.807, 2.05) is 18.2 Å². The topological polar surface area (TPSA) is 97.1 Å². The minimum absolute atomic E-state index is 0.0329. The Labute approximate surface area is 203 Å². The van der Waals surface area contributed by atoms with E-state index in [-0.39, 0.29) is 24.5 Å². The average molecular weight is 495 g/mol. The van der Waals surface area contributed by atoms with Gasteiger partial charge in [0.1, 0.15) is 0 Å². The van der Waals surface area contributed by atoms with Gasteiger partial charge in [-0.3, -0.25) is 9.69 Å². The lowest BCUT2D eigenvalue weighted by atomic mass is 10.00. The van der Waals surface area contributed by atoms with Gasteiger partial charge in [0.15, 0.2) is 11.5 Å². The van der Waals surface area contributed by atoms with Gasteiger partial charge in [0.25, 0.3) is 0 Å². The summed E-state index contributed by atoms with van der Waals surface area (Å²) in [5.74, 6) is 0.857. The summed E-state index contributed by atoms with van der Waals surface area (Å²) in [5, 5.41) is 3.60. The minimum Gasteiger partial charge on any atom is -0.493 e. The number of urea groups is 1. The third-order valence-corrected chi connectivity index (χ3v) is 6.55. The summed E-state index contributed by atoms with van der Waals surface area (Å²) in [7, 11) is 3.18. The van der Waals surface area contributed by atoms with E-state index in [1.54, 1.807) is 37.3 Å². The summed E-state index contributed by atoms with van der Waals surface area (Å²) in [6.07, 6.45) is 0.133. The van der Waals surface area contributed by atoms with E-state index in [4.69, 9.17) is 38.4 Å². The van der Waals surface area contributed by atoms with Crippen molar-refractivity contribution in [2.75, 3.05) is 39.2 Å². The normalized spacial score (nSPS) is 17.4. The highest BCUT2D eigenvalue weighted by Crippen LogP contribution is 2.34. The largest absolute Gasteiger partial charge is 0.493 e. The lowest BCUT2D eigenvalue weighted by Gasteiger charge is -2.44. The van der Waals surface area contributed by atoms with E-state index >= 15 is 0 Å². The molecule has 2 atom stereocenters. The molecule has 1 aliphatic rings. The van der Waals surface area contributed by atoms with Crippen LogP contribution in [0.3, 0.4) is 0 Å². The van der Waals surface area contributed by atoms with Crippen LogP contribution < -0.4 is 20.5 Å². The monoisotopic (exact) mass is 494 g/mol. The summed E-state index contributed by atoms with van der Waals surface area (Å²) >= 11 is 12.0. The molecule has 1 aliphatic heterocycles. The quantitative estimate of drug-likeness (QED) is 0.601. The number of anilines is 1. The zero-order valence-corrected chi connectivity index (χ0v) is 20.3. The Bertz CT molecular complexity index is 1020. The van der Waals surface area contributed by atoms with Crippen molar-refractivity contribution in [1.29, 1.82) is 0 Å². The molecular weight excluding hydrogens is 467 g/mol. The highest BCUT2D eigenvalue weighted by molar-refractivity contribution is 6.42. The van der Waals surface area contributed by atoms with Gasteiger partial charge in [-0.2, -0.15) is 0 Å². The van der Waals surface area contributed by atoms with E-state index < -0.39 is 5.91 Å². The molecule has 8 nitrogen and oxygen atoms in total. The summed E-state index contributed by atoms with van der Waals surface area (Å²) < 4.78 is 10.8. The Balaban J connectivity index is 1.75. The number of carbonyl (C=O) groups excluding carboxylic acids is 2. The molecule has 10 heteroatoms. The second-order valence-corrected chi connectivity index (χ2v) is 8.67. The highest BCUT2D eigenvalue weighted by Gasteiger charge is 2.34. The van der Waals surface area contributed by atoms with Gasteiger partial charge in [-0.25, -0.2) is 4.79 Å². The van der Waals surface area contributed by atoms with E-state index in [0.29, 0.717) is 46.9 Å². The number of primary amides is 1. The third-order valence-electron chi connectivity index (χ3n) is 5.81. The summed E-state index contributed by atoms with van der Waals surface area (Å²) in [4.78, 5) is 28.5. The number of methoxy groups -OCH3 is 2. The number of amides is 3. The van der Waals surface area contributed by atoms with Gasteiger partial charge in [-0.05, 0) is 42.8 Å². The predicted molar refractivity (Wildman–Crippen MR) is 129 cm³/mol. The van der Waals surface area contributed by atoms with Crippen LogP contribution >= 0.6 is 23.2 Å². The number of rotatable bonds is 7. The Hall–Kier alpha value is -2.68. The average Bonchev–Trinajstić information content (AvgIpc) is 2.80. The molecule has 0 aromatic heterocycles. The molecule has 3 amide bonds. The van der Waals surface area contributed by atoms with Crippen LogP contribution in [0.5, 0.6) is 11.5 Å². The van der Waals surface area contributed by atoms with Crippen molar-refractivity contribution < 1.29 is 19.1 Å². The minimum atomic E-state index is -0.420. The molecule has 0 saturated carbocycles. The smallest absolute Gasteiger partial charge is 0.321 e. The standard InChI is InChI=1S/C23H28Cl2N4O4/c1-14(15-4-7-20(32-2)21(10-15)33-3)29-9-8-28(13-17(29)12-22(26)30)23(31)27-16-5-6-18(24)19(25)11-16/h4-7,10-11,14,17H,8-9,12-13H2,1-3H3,(H2,26,30)(H,27,31). The first kappa shape index (κ1) is 25.0. The van der Waals surface area contributed by atoms with Crippen LogP contribution in [0.1, 0.15) is 24.9 Å². The van der Waals surface area contributed by atoms with Gasteiger partial charge >= 0.3 is 6.03 Å². The van der Waals surface area contributed by atoms with Gasteiger partial charge < -0.3 is 25.4 Å². The van der Waals surface area contributed by atoms with E-state index in [0.717, 1.165) is 5.56 Å². The van der Waals surface area contributed by atoms with E-state index in [9.17, 15) is 9.59 Å². The second-order valence-electron chi connectivity index (χ2n) is 7.86. The molecular formula is C23H28Cl2N4O4.